The minimum atomic E-state index is -0.280. The second-order valence-corrected chi connectivity index (χ2v) is 5.56. The largest absolute Gasteiger partial charge is 0.506 e. The van der Waals surface area contributed by atoms with Crippen molar-refractivity contribution in [1.29, 1.82) is 0 Å². The van der Waals surface area contributed by atoms with Crippen LogP contribution in [0.5, 0.6) is 5.75 Å². The fraction of sp³-hybridized carbons (Fsp3) is 0.500. The summed E-state index contributed by atoms with van der Waals surface area (Å²) in [6.07, 6.45) is 1.93. The fourth-order valence-electron chi connectivity index (χ4n) is 1.74. The van der Waals surface area contributed by atoms with Gasteiger partial charge in [0.15, 0.2) is 0 Å². The molecule has 0 aromatic heterocycles. The molecule has 2 rings (SSSR count). The van der Waals surface area contributed by atoms with Gasteiger partial charge in [-0.05, 0) is 52.4 Å². The third kappa shape index (κ3) is 1.91. The van der Waals surface area contributed by atoms with E-state index in [0.29, 0.717) is 11.7 Å². The van der Waals surface area contributed by atoms with Crippen LogP contribution in [-0.2, 0) is 5.54 Å². The van der Waals surface area contributed by atoms with Crippen LogP contribution in [0.2, 0.25) is 0 Å². The number of hydrogen-bond donors (Lipinski definition) is 2. The van der Waals surface area contributed by atoms with E-state index in [1.54, 1.807) is 0 Å². The van der Waals surface area contributed by atoms with Crippen LogP contribution >= 0.6 is 15.9 Å². The van der Waals surface area contributed by atoms with Gasteiger partial charge in [-0.15, -0.1) is 0 Å². The lowest BCUT2D eigenvalue weighted by atomic mass is 9.96. The number of benzene rings is 1. The number of halogens is 1. The maximum atomic E-state index is 9.95. The molecule has 82 valence electrons. The molecule has 1 aromatic rings. The summed E-state index contributed by atoms with van der Waals surface area (Å²) in [6, 6.07) is 4.01. The molecule has 0 atom stereocenters. The molecule has 1 fully saturated rings. The molecule has 1 aliphatic carbocycles. The molecule has 1 saturated carbocycles. The Balaban J connectivity index is 2.53. The third-order valence-corrected chi connectivity index (χ3v) is 3.68. The van der Waals surface area contributed by atoms with Gasteiger partial charge in [0.25, 0.3) is 0 Å². The molecule has 0 heterocycles. The molecule has 0 bridgehead atoms. The second-order valence-electron chi connectivity index (χ2n) is 4.71. The van der Waals surface area contributed by atoms with Crippen molar-refractivity contribution in [3.8, 4) is 5.75 Å². The highest BCUT2D eigenvalue weighted by atomic mass is 79.9. The van der Waals surface area contributed by atoms with Gasteiger partial charge in [0.2, 0.25) is 0 Å². The molecule has 0 amide bonds. The van der Waals surface area contributed by atoms with Crippen LogP contribution in [-0.4, -0.2) is 5.11 Å². The highest BCUT2D eigenvalue weighted by molar-refractivity contribution is 9.10. The first kappa shape index (κ1) is 11.0. The average molecular weight is 270 g/mol. The van der Waals surface area contributed by atoms with Crippen molar-refractivity contribution < 1.29 is 5.11 Å². The molecule has 15 heavy (non-hydrogen) atoms. The molecule has 1 aliphatic rings. The van der Waals surface area contributed by atoms with Crippen molar-refractivity contribution in [2.45, 2.75) is 38.1 Å². The summed E-state index contributed by atoms with van der Waals surface area (Å²) in [5.41, 5.74) is 7.95. The van der Waals surface area contributed by atoms with Crippen LogP contribution in [0.25, 0.3) is 0 Å². The molecule has 0 saturated heterocycles. The molecular formula is C12H16BrNO. The van der Waals surface area contributed by atoms with Crippen LogP contribution in [0.1, 0.15) is 43.7 Å². The van der Waals surface area contributed by atoms with Gasteiger partial charge in [-0.1, -0.05) is 13.8 Å². The standard InChI is InChI=1S/C12H16BrNO/c1-7(2)8-5-9(12(14)3-4-12)11(15)10(13)6-8/h5-7,15H,3-4,14H2,1-2H3. The quantitative estimate of drug-likeness (QED) is 0.866. The first-order valence-corrected chi connectivity index (χ1v) is 6.05. The zero-order valence-corrected chi connectivity index (χ0v) is 10.6. The Labute approximate surface area is 98.6 Å². The van der Waals surface area contributed by atoms with Crippen molar-refractivity contribution in [2.24, 2.45) is 5.73 Å². The van der Waals surface area contributed by atoms with Gasteiger partial charge < -0.3 is 10.8 Å². The van der Waals surface area contributed by atoms with Crippen molar-refractivity contribution in [3.05, 3.63) is 27.7 Å². The van der Waals surface area contributed by atoms with E-state index in [-0.39, 0.29) is 5.54 Å². The monoisotopic (exact) mass is 269 g/mol. The molecular weight excluding hydrogens is 254 g/mol. The fourth-order valence-corrected chi connectivity index (χ4v) is 2.21. The topological polar surface area (TPSA) is 46.2 Å². The predicted molar refractivity (Wildman–Crippen MR) is 65.0 cm³/mol. The number of nitrogens with two attached hydrogens (primary N) is 1. The first-order chi connectivity index (χ1) is 6.94. The van der Waals surface area contributed by atoms with E-state index in [9.17, 15) is 5.11 Å². The smallest absolute Gasteiger partial charge is 0.134 e. The van der Waals surface area contributed by atoms with Crippen LogP contribution in [0.15, 0.2) is 16.6 Å². The van der Waals surface area contributed by atoms with Gasteiger partial charge in [-0.2, -0.15) is 0 Å². The van der Waals surface area contributed by atoms with Crippen LogP contribution < -0.4 is 5.73 Å². The van der Waals surface area contributed by atoms with Gasteiger partial charge >= 0.3 is 0 Å². The maximum Gasteiger partial charge on any atom is 0.134 e. The van der Waals surface area contributed by atoms with Crippen molar-refractivity contribution in [2.75, 3.05) is 0 Å². The molecule has 1 aromatic carbocycles. The van der Waals surface area contributed by atoms with E-state index in [0.717, 1.165) is 22.9 Å². The normalized spacial score (nSPS) is 18.2. The third-order valence-electron chi connectivity index (χ3n) is 3.08. The van der Waals surface area contributed by atoms with Crippen LogP contribution in [0, 0.1) is 0 Å². The lowest BCUT2D eigenvalue weighted by Gasteiger charge is -2.16. The SMILES string of the molecule is CC(C)c1cc(Br)c(O)c(C2(N)CC2)c1. The molecule has 3 heteroatoms. The lowest BCUT2D eigenvalue weighted by molar-refractivity contribution is 0.455. The molecule has 0 spiro atoms. The highest BCUT2D eigenvalue weighted by Crippen LogP contribution is 2.48. The van der Waals surface area contributed by atoms with Crippen LogP contribution in [0.3, 0.4) is 0 Å². The van der Waals surface area contributed by atoms with E-state index in [4.69, 9.17) is 5.73 Å². The molecule has 0 radical (unpaired) electrons. The minimum absolute atomic E-state index is 0.280. The lowest BCUT2D eigenvalue weighted by Crippen LogP contribution is -2.19. The van der Waals surface area contributed by atoms with Crippen molar-refractivity contribution in [3.63, 3.8) is 0 Å². The highest BCUT2D eigenvalue weighted by Gasteiger charge is 2.42. The first-order valence-electron chi connectivity index (χ1n) is 5.26. The second kappa shape index (κ2) is 3.49. The Morgan fingerprint density at radius 3 is 2.47 bits per heavy atom. The summed E-state index contributed by atoms with van der Waals surface area (Å²) < 4.78 is 0.750. The van der Waals surface area contributed by atoms with E-state index in [2.05, 4.69) is 29.8 Å². The molecule has 0 aliphatic heterocycles. The summed E-state index contributed by atoms with van der Waals surface area (Å²) in [5.74, 6) is 0.752. The number of aromatic hydroxyl groups is 1. The van der Waals surface area contributed by atoms with Gasteiger partial charge in [0.05, 0.1) is 4.47 Å². The van der Waals surface area contributed by atoms with Crippen molar-refractivity contribution in [1.82, 2.24) is 0 Å². The summed E-state index contributed by atoms with van der Waals surface area (Å²) >= 11 is 3.38. The Kier molecular flexibility index (Phi) is 2.55. The summed E-state index contributed by atoms with van der Waals surface area (Å²) in [4.78, 5) is 0. The van der Waals surface area contributed by atoms with Gasteiger partial charge in [-0.3, -0.25) is 0 Å². The summed E-state index contributed by atoms with van der Waals surface area (Å²) in [5, 5.41) is 9.95. The average Bonchev–Trinajstić information content (AvgIpc) is 2.89. The Bertz CT molecular complexity index is 397. The number of rotatable bonds is 2. The van der Waals surface area contributed by atoms with E-state index >= 15 is 0 Å². The zero-order chi connectivity index (χ0) is 11.2. The molecule has 0 unspecified atom stereocenters. The molecule has 3 N–H and O–H groups in total. The van der Waals surface area contributed by atoms with E-state index in [1.165, 1.54) is 5.56 Å². The van der Waals surface area contributed by atoms with Crippen molar-refractivity contribution >= 4 is 15.9 Å². The van der Waals surface area contributed by atoms with E-state index in [1.807, 2.05) is 12.1 Å². The molecule has 2 nitrogen and oxygen atoms in total. The number of phenols is 1. The Morgan fingerprint density at radius 1 is 1.40 bits per heavy atom. The predicted octanol–water partition coefficient (Wildman–Crippen LogP) is 3.23. The van der Waals surface area contributed by atoms with Gasteiger partial charge in [-0.25, -0.2) is 0 Å². The van der Waals surface area contributed by atoms with Gasteiger partial charge in [0.1, 0.15) is 5.75 Å². The summed E-state index contributed by atoms with van der Waals surface area (Å²) in [7, 11) is 0. The Hall–Kier alpha value is -0.540. The minimum Gasteiger partial charge on any atom is -0.506 e. The maximum absolute atomic E-state index is 9.95. The number of phenolic OH excluding ortho intramolecular Hbond substituents is 1. The summed E-state index contributed by atoms with van der Waals surface area (Å²) in [6.45, 7) is 4.28. The zero-order valence-electron chi connectivity index (χ0n) is 9.05. The van der Waals surface area contributed by atoms with Crippen LogP contribution in [0.4, 0.5) is 0 Å². The Morgan fingerprint density at radius 2 is 2.00 bits per heavy atom. The number of hydrogen-bond acceptors (Lipinski definition) is 2. The van der Waals surface area contributed by atoms with E-state index < -0.39 is 0 Å². The van der Waals surface area contributed by atoms with Gasteiger partial charge in [0, 0.05) is 11.1 Å².